The first-order chi connectivity index (χ1) is 7.26. The van der Waals surface area contributed by atoms with Gasteiger partial charge in [-0.15, -0.1) is 0 Å². The van der Waals surface area contributed by atoms with Crippen LogP contribution >= 0.6 is 0 Å². The van der Waals surface area contributed by atoms with Crippen LogP contribution in [0.2, 0.25) is 0 Å². The Labute approximate surface area is 91.9 Å². The monoisotopic (exact) mass is 208 g/mol. The maximum Gasteiger partial charge on any atom is 0.224 e. The van der Waals surface area contributed by atoms with Gasteiger partial charge in [0.05, 0.1) is 11.9 Å². The third kappa shape index (κ3) is 5.15. The Morgan fingerprint density at radius 2 is 2.00 bits per heavy atom. The van der Waals surface area contributed by atoms with E-state index in [-0.39, 0.29) is 5.91 Å². The molecule has 0 aromatic carbocycles. The number of pyridine rings is 1. The molecule has 1 amide bonds. The van der Waals surface area contributed by atoms with E-state index in [1.54, 1.807) is 6.20 Å². The summed E-state index contributed by atoms with van der Waals surface area (Å²) in [6.07, 6.45) is 3.10. The van der Waals surface area contributed by atoms with E-state index in [9.17, 15) is 4.79 Å². The number of hydrogen-bond donors (Lipinski definition) is 1. The predicted molar refractivity (Wildman–Crippen MR) is 63.9 cm³/mol. The molecule has 0 fully saturated rings. The summed E-state index contributed by atoms with van der Waals surface area (Å²) in [6.45, 7) is 7.87. The molecule has 0 saturated heterocycles. The highest BCUT2D eigenvalue weighted by Crippen LogP contribution is 2.06. The average molecular weight is 208 g/mol. The molecule has 1 rings (SSSR count). The fourth-order valence-corrected chi connectivity index (χ4v) is 0.957. The highest BCUT2D eigenvalue weighted by Gasteiger charge is 1.98. The van der Waals surface area contributed by atoms with E-state index < -0.39 is 0 Å². The van der Waals surface area contributed by atoms with Crippen LogP contribution in [0, 0.1) is 0 Å². The summed E-state index contributed by atoms with van der Waals surface area (Å²) in [4.78, 5) is 15.2. The smallest absolute Gasteiger partial charge is 0.224 e. The maximum absolute atomic E-state index is 11.0. The third-order valence-electron chi connectivity index (χ3n) is 1.79. The fraction of sp³-hybridized carbons (Fsp3) is 0.500. The van der Waals surface area contributed by atoms with Gasteiger partial charge in [0.15, 0.2) is 0 Å². The van der Waals surface area contributed by atoms with Gasteiger partial charge < -0.3 is 5.32 Å². The van der Waals surface area contributed by atoms with Gasteiger partial charge in [-0.2, -0.15) is 0 Å². The summed E-state index contributed by atoms with van der Waals surface area (Å²) < 4.78 is 0. The number of nitrogens with one attached hydrogen (secondary N) is 1. The quantitative estimate of drug-likeness (QED) is 0.829. The van der Waals surface area contributed by atoms with Gasteiger partial charge in [0.25, 0.3) is 0 Å². The molecule has 0 aliphatic rings. The molecule has 1 aromatic heterocycles. The van der Waals surface area contributed by atoms with E-state index >= 15 is 0 Å². The molecule has 0 radical (unpaired) electrons. The van der Waals surface area contributed by atoms with Gasteiger partial charge in [-0.1, -0.05) is 27.7 Å². The van der Waals surface area contributed by atoms with Crippen molar-refractivity contribution in [2.45, 2.75) is 40.5 Å². The minimum Gasteiger partial charge on any atom is -0.325 e. The van der Waals surface area contributed by atoms with Crippen LogP contribution in [0.3, 0.4) is 0 Å². The largest absolute Gasteiger partial charge is 0.325 e. The van der Waals surface area contributed by atoms with E-state index in [0.29, 0.717) is 6.42 Å². The van der Waals surface area contributed by atoms with Crippen LogP contribution in [0.15, 0.2) is 18.3 Å². The van der Waals surface area contributed by atoms with Crippen molar-refractivity contribution in [3.05, 3.63) is 24.0 Å². The zero-order chi connectivity index (χ0) is 11.7. The minimum atomic E-state index is 0.0195. The van der Waals surface area contributed by atoms with Crippen molar-refractivity contribution >= 4 is 11.6 Å². The molecule has 0 aliphatic carbocycles. The van der Waals surface area contributed by atoms with Crippen LogP contribution in [0.1, 0.15) is 39.8 Å². The first-order valence-corrected chi connectivity index (χ1v) is 5.51. The number of hydrogen-bond acceptors (Lipinski definition) is 2. The Morgan fingerprint density at radius 3 is 2.40 bits per heavy atom. The van der Waals surface area contributed by atoms with Crippen molar-refractivity contribution in [1.29, 1.82) is 0 Å². The number of anilines is 1. The topological polar surface area (TPSA) is 42.0 Å². The summed E-state index contributed by atoms with van der Waals surface area (Å²) >= 11 is 0. The van der Waals surface area contributed by atoms with Crippen molar-refractivity contribution in [3.63, 3.8) is 0 Å². The second-order valence-electron chi connectivity index (χ2n) is 2.79. The van der Waals surface area contributed by atoms with Gasteiger partial charge in [-0.3, -0.25) is 9.78 Å². The zero-order valence-electron chi connectivity index (χ0n) is 10.0. The summed E-state index contributed by atoms with van der Waals surface area (Å²) in [5.74, 6) is 0.0195. The Morgan fingerprint density at radius 1 is 1.33 bits per heavy atom. The van der Waals surface area contributed by atoms with Crippen LogP contribution in [0.5, 0.6) is 0 Å². The van der Waals surface area contributed by atoms with Gasteiger partial charge in [-0.25, -0.2) is 0 Å². The first-order valence-electron chi connectivity index (χ1n) is 5.51. The Balaban J connectivity index is 0.000000921. The van der Waals surface area contributed by atoms with E-state index in [1.165, 1.54) is 0 Å². The lowest BCUT2D eigenvalue weighted by Gasteiger charge is -2.02. The normalized spacial score (nSPS) is 8.80. The second-order valence-corrected chi connectivity index (χ2v) is 2.79. The van der Waals surface area contributed by atoms with Crippen LogP contribution in [-0.4, -0.2) is 10.9 Å². The average Bonchev–Trinajstić information content (AvgIpc) is 2.32. The molecule has 0 bridgehead atoms. The predicted octanol–water partition coefficient (Wildman–Crippen LogP) is 3.02. The molecule has 15 heavy (non-hydrogen) atoms. The van der Waals surface area contributed by atoms with E-state index in [1.807, 2.05) is 39.8 Å². The molecule has 0 unspecified atom stereocenters. The lowest BCUT2D eigenvalue weighted by Crippen LogP contribution is -2.09. The summed E-state index contributed by atoms with van der Waals surface area (Å²) in [7, 11) is 0. The number of carbonyl (C=O) groups is 1. The molecular weight excluding hydrogens is 188 g/mol. The third-order valence-corrected chi connectivity index (χ3v) is 1.79. The molecule has 84 valence electrons. The molecule has 0 spiro atoms. The molecule has 1 aromatic rings. The Bertz CT molecular complexity index is 280. The molecule has 1 heterocycles. The van der Waals surface area contributed by atoms with Crippen molar-refractivity contribution in [2.24, 2.45) is 0 Å². The van der Waals surface area contributed by atoms with E-state index in [0.717, 1.165) is 17.8 Å². The van der Waals surface area contributed by atoms with Crippen LogP contribution < -0.4 is 5.32 Å². The van der Waals surface area contributed by atoms with Crippen LogP contribution in [0.4, 0.5) is 5.69 Å². The van der Waals surface area contributed by atoms with Crippen molar-refractivity contribution < 1.29 is 4.79 Å². The van der Waals surface area contributed by atoms with Crippen LogP contribution in [-0.2, 0) is 11.2 Å². The standard InChI is InChI=1S/C10H14N2O.C2H6/c1-3-8-5-6-9(7-11-8)12-10(13)4-2;1-2/h5-7H,3-4H2,1-2H3,(H,12,13);1-2H3. The van der Waals surface area contributed by atoms with Gasteiger partial charge >= 0.3 is 0 Å². The van der Waals surface area contributed by atoms with E-state index in [2.05, 4.69) is 10.3 Å². The number of carbonyl (C=O) groups excluding carboxylic acids is 1. The van der Waals surface area contributed by atoms with Crippen molar-refractivity contribution in [3.8, 4) is 0 Å². The van der Waals surface area contributed by atoms with E-state index in [4.69, 9.17) is 0 Å². The van der Waals surface area contributed by atoms with Gasteiger partial charge in [0, 0.05) is 12.1 Å². The fourth-order valence-electron chi connectivity index (χ4n) is 0.957. The molecule has 3 nitrogen and oxygen atoms in total. The Hall–Kier alpha value is -1.38. The number of aromatic nitrogens is 1. The molecule has 1 N–H and O–H groups in total. The Kier molecular flexibility index (Phi) is 7.24. The van der Waals surface area contributed by atoms with Gasteiger partial charge in [-0.05, 0) is 18.6 Å². The maximum atomic E-state index is 11.0. The van der Waals surface area contributed by atoms with Crippen LogP contribution in [0.25, 0.3) is 0 Å². The zero-order valence-corrected chi connectivity index (χ0v) is 10.0. The summed E-state index contributed by atoms with van der Waals surface area (Å²) in [6, 6.07) is 3.80. The first kappa shape index (κ1) is 13.6. The second kappa shape index (κ2) is 7.97. The summed E-state index contributed by atoms with van der Waals surface area (Å²) in [5, 5.41) is 2.74. The molecule has 0 aliphatic heterocycles. The highest BCUT2D eigenvalue weighted by atomic mass is 16.1. The molecular formula is C12H20N2O. The number of nitrogens with zero attached hydrogens (tertiary/aromatic N) is 1. The minimum absolute atomic E-state index is 0.0195. The number of aryl methyl sites for hydroxylation is 1. The number of amides is 1. The highest BCUT2D eigenvalue weighted by molar-refractivity contribution is 5.90. The molecule has 0 saturated carbocycles. The SMILES string of the molecule is CC.CCC(=O)Nc1ccc(CC)nc1. The molecule has 0 atom stereocenters. The number of rotatable bonds is 3. The van der Waals surface area contributed by atoms with Crippen molar-refractivity contribution in [2.75, 3.05) is 5.32 Å². The van der Waals surface area contributed by atoms with Gasteiger partial charge in [0.2, 0.25) is 5.91 Å². The summed E-state index contributed by atoms with van der Waals surface area (Å²) in [5.41, 5.74) is 1.80. The lowest BCUT2D eigenvalue weighted by molar-refractivity contribution is -0.115. The van der Waals surface area contributed by atoms with Gasteiger partial charge in [0.1, 0.15) is 0 Å². The lowest BCUT2D eigenvalue weighted by atomic mass is 10.3. The van der Waals surface area contributed by atoms with Crippen molar-refractivity contribution in [1.82, 2.24) is 4.98 Å². The molecule has 3 heteroatoms.